The molecule has 0 nitrogen and oxygen atoms in total. The van der Waals surface area contributed by atoms with Gasteiger partial charge < -0.3 is 0 Å². The van der Waals surface area contributed by atoms with Crippen LogP contribution in [0, 0.1) is 20.8 Å². The van der Waals surface area contributed by atoms with E-state index in [1.807, 2.05) is 0 Å². The maximum absolute atomic E-state index is 2.92. The molecule has 146 valence electrons. The monoisotopic (exact) mass is 508 g/mol. The molecule has 0 N–H and O–H groups in total. The molecule has 4 aromatic rings. The molecule has 0 spiro atoms. The Bertz CT molecular complexity index is 998. The van der Waals surface area contributed by atoms with Crippen molar-refractivity contribution >= 4 is 47.5 Å². The van der Waals surface area contributed by atoms with Gasteiger partial charge in [-0.1, -0.05) is 0 Å². The summed E-state index contributed by atoms with van der Waals surface area (Å²) < 4.78 is -2.92. The Morgan fingerprint density at radius 1 is 0.414 bits per heavy atom. The zero-order chi connectivity index (χ0) is 20.5. The summed E-state index contributed by atoms with van der Waals surface area (Å²) in [7, 11) is 0. The first-order valence-electron chi connectivity index (χ1n) is 9.94. The Kier molecular flexibility index (Phi) is 5.40. The molecule has 0 saturated heterocycles. The van der Waals surface area contributed by atoms with Crippen LogP contribution in [-0.2, 0) is 0 Å². The van der Waals surface area contributed by atoms with Gasteiger partial charge in [0.1, 0.15) is 0 Å². The van der Waals surface area contributed by atoms with E-state index >= 15 is 0 Å². The molecular weight excluding hydrogens is 482 g/mol. The molecule has 0 aromatic heterocycles. The maximum atomic E-state index is 2.84. The van der Waals surface area contributed by atoms with E-state index in [-0.39, 0.29) is 0 Å². The minimum absolute atomic E-state index is 1.29. The van der Waals surface area contributed by atoms with E-state index in [1.54, 1.807) is 0 Å². The fourth-order valence-electron chi connectivity index (χ4n) is 4.08. The van der Waals surface area contributed by atoms with Crippen LogP contribution in [0.1, 0.15) is 16.7 Å². The quantitative estimate of drug-likeness (QED) is 0.230. The first kappa shape index (κ1) is 20.3. The van der Waals surface area contributed by atoms with E-state index in [0.717, 1.165) is 0 Å². The Balaban J connectivity index is 2.20. The van der Waals surface area contributed by atoms with Crippen LogP contribution in [0.3, 0.4) is 0 Å². The minimum atomic E-state index is -2.92. The molecule has 0 saturated carbocycles. The van der Waals surface area contributed by atoms with Gasteiger partial charge in [-0.25, -0.2) is 0 Å². The third-order valence-corrected chi connectivity index (χ3v) is 17.6. The fourth-order valence-corrected chi connectivity index (χ4v) is 12.6. The van der Waals surface area contributed by atoms with Gasteiger partial charge in [-0.2, -0.15) is 0 Å². The van der Waals surface area contributed by atoms with Crippen LogP contribution in [0.4, 0.5) is 0 Å². The standard InChI is InChI=1S/C27H26IP/c1-21-9-15-25(16-10-21)29(28,24-7-5-4-6-8-24,26-17-11-22(2)12-18-26)27-19-13-23(3)14-20-27/h4-20H,1-3H3. The summed E-state index contributed by atoms with van der Waals surface area (Å²) >= 11 is 2.84. The van der Waals surface area contributed by atoms with Crippen molar-refractivity contribution in [3.8, 4) is 0 Å². The molecule has 0 radical (unpaired) electrons. The van der Waals surface area contributed by atoms with Crippen LogP contribution in [0.2, 0.25) is 0 Å². The second-order valence-corrected chi connectivity index (χ2v) is 17.7. The fraction of sp³-hybridized carbons (Fsp3) is 0.111. The van der Waals surface area contributed by atoms with Crippen LogP contribution in [0.25, 0.3) is 0 Å². The van der Waals surface area contributed by atoms with Crippen molar-refractivity contribution < 1.29 is 0 Å². The van der Waals surface area contributed by atoms with Crippen molar-refractivity contribution in [3.05, 3.63) is 120 Å². The Morgan fingerprint density at radius 3 is 1.00 bits per heavy atom. The van der Waals surface area contributed by atoms with Gasteiger partial charge in [-0.15, -0.1) is 0 Å². The summed E-state index contributed by atoms with van der Waals surface area (Å²) in [5.74, 6) is 0. The van der Waals surface area contributed by atoms with Crippen molar-refractivity contribution in [2.24, 2.45) is 0 Å². The van der Waals surface area contributed by atoms with E-state index in [1.165, 1.54) is 37.9 Å². The molecule has 0 fully saturated rings. The van der Waals surface area contributed by atoms with Gasteiger partial charge in [0.2, 0.25) is 0 Å². The normalized spacial score (nSPS) is 12.9. The van der Waals surface area contributed by atoms with Crippen molar-refractivity contribution in [1.29, 1.82) is 0 Å². The zero-order valence-electron chi connectivity index (χ0n) is 17.1. The molecule has 4 aromatic carbocycles. The van der Waals surface area contributed by atoms with Crippen molar-refractivity contribution in [2.75, 3.05) is 0 Å². The second kappa shape index (κ2) is 7.70. The van der Waals surface area contributed by atoms with Crippen molar-refractivity contribution in [1.82, 2.24) is 0 Å². The zero-order valence-corrected chi connectivity index (χ0v) is 20.2. The number of aryl methyl sites for hydroxylation is 3. The van der Waals surface area contributed by atoms with E-state index in [9.17, 15) is 0 Å². The molecule has 0 heterocycles. The van der Waals surface area contributed by atoms with Crippen LogP contribution in [0.15, 0.2) is 103 Å². The summed E-state index contributed by atoms with van der Waals surface area (Å²) in [5, 5.41) is 5.55. The molecule has 4 rings (SSSR count). The molecular formula is C27H26IP. The van der Waals surface area contributed by atoms with Gasteiger partial charge in [0.05, 0.1) is 0 Å². The number of rotatable bonds is 4. The average molecular weight is 508 g/mol. The summed E-state index contributed by atoms with van der Waals surface area (Å²) in [6, 6.07) is 38.6. The first-order valence-corrected chi connectivity index (χ1v) is 15.0. The van der Waals surface area contributed by atoms with Gasteiger partial charge in [0, 0.05) is 0 Å². The Hall–Kier alpha value is -1.96. The summed E-state index contributed by atoms with van der Waals surface area (Å²) in [4.78, 5) is 0. The van der Waals surface area contributed by atoms with Crippen molar-refractivity contribution in [3.63, 3.8) is 0 Å². The molecule has 0 bridgehead atoms. The van der Waals surface area contributed by atoms with Gasteiger partial charge in [-0.3, -0.25) is 0 Å². The number of benzene rings is 4. The first-order chi connectivity index (χ1) is 13.9. The number of halogens is 1. The van der Waals surface area contributed by atoms with Crippen molar-refractivity contribution in [2.45, 2.75) is 20.8 Å². The summed E-state index contributed by atoms with van der Waals surface area (Å²) in [5.41, 5.74) is 3.86. The van der Waals surface area contributed by atoms with E-state index in [2.05, 4.69) is 146 Å². The molecule has 0 amide bonds. The third-order valence-electron chi connectivity index (χ3n) is 5.80. The van der Waals surface area contributed by atoms with Gasteiger partial charge >= 0.3 is 188 Å². The average Bonchev–Trinajstić information content (AvgIpc) is 2.75. The van der Waals surface area contributed by atoms with E-state index in [0.29, 0.717) is 0 Å². The Labute approximate surface area is 187 Å². The second-order valence-electron chi connectivity index (χ2n) is 7.85. The van der Waals surface area contributed by atoms with Crippen LogP contribution >= 0.6 is 26.3 Å². The molecule has 0 atom stereocenters. The molecule has 0 unspecified atom stereocenters. The topological polar surface area (TPSA) is 0 Å². The molecule has 0 aliphatic rings. The van der Waals surface area contributed by atoms with E-state index in [4.69, 9.17) is 0 Å². The molecule has 2 heteroatoms. The number of hydrogen-bond acceptors (Lipinski definition) is 0. The third kappa shape index (κ3) is 3.25. The van der Waals surface area contributed by atoms with Gasteiger partial charge in [0.25, 0.3) is 0 Å². The Morgan fingerprint density at radius 2 is 0.690 bits per heavy atom. The molecule has 0 aliphatic heterocycles. The summed E-state index contributed by atoms with van der Waals surface area (Å²) in [6.45, 7) is 6.48. The van der Waals surface area contributed by atoms with E-state index < -0.39 is 4.25 Å². The SMILES string of the molecule is Cc1ccc(P(I)(c2ccccc2)(c2ccc(C)cc2)c2ccc(C)cc2)cc1. The number of hydrogen-bond donors (Lipinski definition) is 0. The van der Waals surface area contributed by atoms with Gasteiger partial charge in [-0.05, 0) is 0 Å². The van der Waals surface area contributed by atoms with Gasteiger partial charge in [0.15, 0.2) is 0 Å². The van der Waals surface area contributed by atoms with Crippen LogP contribution in [-0.4, -0.2) is 0 Å². The summed E-state index contributed by atoms with van der Waals surface area (Å²) in [6.07, 6.45) is 0. The van der Waals surface area contributed by atoms with Crippen LogP contribution in [0.5, 0.6) is 0 Å². The molecule has 29 heavy (non-hydrogen) atoms. The van der Waals surface area contributed by atoms with Crippen LogP contribution < -0.4 is 21.2 Å². The predicted octanol–water partition coefficient (Wildman–Crippen LogP) is 6.12. The molecule has 0 aliphatic carbocycles. The predicted molar refractivity (Wildman–Crippen MR) is 139 cm³/mol.